The molecule has 104 valence electrons. The molecule has 1 heterocycles. The van der Waals surface area contributed by atoms with Gasteiger partial charge in [-0.05, 0) is 25.7 Å². The van der Waals surface area contributed by atoms with E-state index in [4.69, 9.17) is 9.84 Å². The number of hydrogen-bond acceptors (Lipinski definition) is 3. The molecule has 1 N–H and O–H groups in total. The zero-order valence-electron chi connectivity index (χ0n) is 11.1. The Hall–Kier alpha value is -1.30. The second-order valence-electron chi connectivity index (χ2n) is 4.59. The summed E-state index contributed by atoms with van der Waals surface area (Å²) in [6.07, 6.45) is 3.05. The first-order valence-corrected chi connectivity index (χ1v) is 6.31. The zero-order valence-corrected chi connectivity index (χ0v) is 11.1. The fourth-order valence-corrected chi connectivity index (χ4v) is 2.18. The molecular formula is C12H22N2O4. The van der Waals surface area contributed by atoms with E-state index in [1.165, 1.54) is 4.90 Å². The molecule has 1 unspecified atom stereocenters. The number of piperidine rings is 1. The maximum atomic E-state index is 12.2. The third-order valence-corrected chi connectivity index (χ3v) is 3.20. The predicted molar refractivity (Wildman–Crippen MR) is 66.5 cm³/mol. The van der Waals surface area contributed by atoms with Gasteiger partial charge in [0, 0.05) is 33.9 Å². The summed E-state index contributed by atoms with van der Waals surface area (Å²) < 4.78 is 4.93. The molecule has 2 amide bonds. The van der Waals surface area contributed by atoms with Gasteiger partial charge in [0.2, 0.25) is 0 Å². The molecule has 0 aromatic heterocycles. The van der Waals surface area contributed by atoms with Gasteiger partial charge in [-0.25, -0.2) is 9.59 Å². The highest BCUT2D eigenvalue weighted by molar-refractivity contribution is 5.82. The summed E-state index contributed by atoms with van der Waals surface area (Å²) in [6, 6.07) is -0.866. The number of carboxylic acid groups (broad SMARTS) is 1. The van der Waals surface area contributed by atoms with Gasteiger partial charge in [-0.15, -0.1) is 0 Å². The number of amides is 2. The third kappa shape index (κ3) is 3.87. The van der Waals surface area contributed by atoms with Crippen LogP contribution in [0.3, 0.4) is 0 Å². The Balaban J connectivity index is 2.54. The SMILES string of the molecule is COCCCN(C)C(=O)N1CCCCC1C(=O)O. The minimum absolute atomic E-state index is 0.196. The fourth-order valence-electron chi connectivity index (χ4n) is 2.18. The number of likely N-dealkylation sites (tertiary alicyclic amines) is 1. The van der Waals surface area contributed by atoms with Crippen LogP contribution in [0.15, 0.2) is 0 Å². The van der Waals surface area contributed by atoms with Gasteiger partial charge in [0.05, 0.1) is 0 Å². The number of carbonyl (C=O) groups excluding carboxylic acids is 1. The number of aliphatic carboxylic acids is 1. The quantitative estimate of drug-likeness (QED) is 0.747. The summed E-state index contributed by atoms with van der Waals surface area (Å²) in [6.45, 7) is 1.71. The molecule has 0 aliphatic carbocycles. The second kappa shape index (κ2) is 7.20. The number of methoxy groups -OCH3 is 1. The summed E-state index contributed by atoms with van der Waals surface area (Å²) in [5, 5.41) is 9.12. The molecule has 1 aliphatic heterocycles. The Kier molecular flexibility index (Phi) is 5.91. The Morgan fingerprint density at radius 1 is 1.44 bits per heavy atom. The number of nitrogens with zero attached hydrogens (tertiary/aromatic N) is 2. The summed E-state index contributed by atoms with van der Waals surface area (Å²) in [5.41, 5.74) is 0. The lowest BCUT2D eigenvalue weighted by atomic mass is 10.0. The van der Waals surface area contributed by atoms with Crippen molar-refractivity contribution in [2.75, 3.05) is 33.9 Å². The molecular weight excluding hydrogens is 236 g/mol. The van der Waals surface area contributed by atoms with E-state index in [0.717, 1.165) is 19.3 Å². The van der Waals surface area contributed by atoms with Gasteiger partial charge < -0.3 is 19.6 Å². The van der Waals surface area contributed by atoms with Crippen LogP contribution in [0.4, 0.5) is 4.79 Å². The monoisotopic (exact) mass is 258 g/mol. The predicted octanol–water partition coefficient (Wildman–Crippen LogP) is 1.01. The second-order valence-corrected chi connectivity index (χ2v) is 4.59. The van der Waals surface area contributed by atoms with Crippen molar-refractivity contribution < 1.29 is 19.4 Å². The van der Waals surface area contributed by atoms with E-state index in [0.29, 0.717) is 26.1 Å². The standard InChI is InChI=1S/C12H22N2O4/c1-13(7-5-9-18-2)12(17)14-8-4-3-6-10(14)11(15)16/h10H,3-9H2,1-2H3,(H,15,16). The van der Waals surface area contributed by atoms with Crippen LogP contribution in [0, 0.1) is 0 Å². The molecule has 0 spiro atoms. The first-order valence-electron chi connectivity index (χ1n) is 6.31. The normalized spacial score (nSPS) is 19.7. The topological polar surface area (TPSA) is 70.1 Å². The van der Waals surface area contributed by atoms with Gasteiger partial charge in [0.25, 0.3) is 0 Å². The maximum Gasteiger partial charge on any atom is 0.326 e. The molecule has 0 aromatic rings. The molecule has 0 radical (unpaired) electrons. The molecule has 6 nitrogen and oxygen atoms in total. The summed E-state index contributed by atoms with van der Waals surface area (Å²) in [4.78, 5) is 26.3. The van der Waals surface area contributed by atoms with E-state index in [2.05, 4.69) is 0 Å². The fraction of sp³-hybridized carbons (Fsp3) is 0.833. The smallest absolute Gasteiger partial charge is 0.326 e. The number of carbonyl (C=O) groups is 2. The van der Waals surface area contributed by atoms with Crippen molar-refractivity contribution in [3.05, 3.63) is 0 Å². The van der Waals surface area contributed by atoms with Crippen LogP contribution < -0.4 is 0 Å². The van der Waals surface area contributed by atoms with Crippen LogP contribution in [0.2, 0.25) is 0 Å². The van der Waals surface area contributed by atoms with Crippen LogP contribution in [-0.4, -0.2) is 66.8 Å². The first-order chi connectivity index (χ1) is 8.57. The van der Waals surface area contributed by atoms with Crippen LogP contribution >= 0.6 is 0 Å². The Morgan fingerprint density at radius 2 is 2.17 bits per heavy atom. The lowest BCUT2D eigenvalue weighted by Crippen LogP contribution is -2.52. The van der Waals surface area contributed by atoms with Gasteiger partial charge in [0.15, 0.2) is 0 Å². The van der Waals surface area contributed by atoms with E-state index < -0.39 is 12.0 Å². The van der Waals surface area contributed by atoms with Gasteiger partial charge in [0.1, 0.15) is 6.04 Å². The molecule has 0 saturated carbocycles. The van der Waals surface area contributed by atoms with E-state index in [9.17, 15) is 9.59 Å². The number of carboxylic acids is 1. The van der Waals surface area contributed by atoms with E-state index >= 15 is 0 Å². The molecule has 18 heavy (non-hydrogen) atoms. The number of rotatable bonds is 5. The molecule has 0 aromatic carbocycles. The zero-order chi connectivity index (χ0) is 13.5. The van der Waals surface area contributed by atoms with Crippen molar-refractivity contribution in [2.24, 2.45) is 0 Å². The van der Waals surface area contributed by atoms with Gasteiger partial charge in [-0.1, -0.05) is 0 Å². The highest BCUT2D eigenvalue weighted by atomic mass is 16.5. The van der Waals surface area contributed by atoms with E-state index in [1.54, 1.807) is 19.1 Å². The van der Waals surface area contributed by atoms with E-state index in [1.807, 2.05) is 0 Å². The molecule has 1 saturated heterocycles. The van der Waals surface area contributed by atoms with Crippen LogP contribution in [0.1, 0.15) is 25.7 Å². The highest BCUT2D eigenvalue weighted by Crippen LogP contribution is 2.18. The largest absolute Gasteiger partial charge is 0.480 e. The first kappa shape index (κ1) is 14.8. The average molecular weight is 258 g/mol. The molecule has 0 bridgehead atoms. The lowest BCUT2D eigenvalue weighted by Gasteiger charge is -2.35. The summed E-state index contributed by atoms with van der Waals surface area (Å²) >= 11 is 0. The van der Waals surface area contributed by atoms with Crippen LogP contribution in [0.5, 0.6) is 0 Å². The minimum atomic E-state index is -0.909. The molecule has 6 heteroatoms. The number of hydrogen-bond donors (Lipinski definition) is 1. The molecule has 1 aliphatic rings. The molecule has 1 atom stereocenters. The van der Waals surface area contributed by atoms with Crippen molar-refractivity contribution >= 4 is 12.0 Å². The lowest BCUT2D eigenvalue weighted by molar-refractivity contribution is -0.143. The van der Waals surface area contributed by atoms with Crippen molar-refractivity contribution in [2.45, 2.75) is 31.7 Å². The number of ether oxygens (including phenoxy) is 1. The number of urea groups is 1. The minimum Gasteiger partial charge on any atom is -0.480 e. The van der Waals surface area contributed by atoms with Crippen LogP contribution in [0.25, 0.3) is 0 Å². The molecule has 1 rings (SSSR count). The third-order valence-electron chi connectivity index (χ3n) is 3.20. The van der Waals surface area contributed by atoms with Gasteiger partial charge in [-0.3, -0.25) is 0 Å². The maximum absolute atomic E-state index is 12.2. The summed E-state index contributed by atoms with van der Waals surface area (Å²) in [7, 11) is 3.32. The summed E-state index contributed by atoms with van der Waals surface area (Å²) in [5.74, 6) is -0.909. The Labute approximate surface area is 107 Å². The van der Waals surface area contributed by atoms with Crippen molar-refractivity contribution in [3.63, 3.8) is 0 Å². The van der Waals surface area contributed by atoms with Crippen molar-refractivity contribution in [1.82, 2.24) is 9.80 Å². The van der Waals surface area contributed by atoms with E-state index in [-0.39, 0.29) is 6.03 Å². The van der Waals surface area contributed by atoms with Gasteiger partial charge in [-0.2, -0.15) is 0 Å². The molecule has 1 fully saturated rings. The van der Waals surface area contributed by atoms with Gasteiger partial charge >= 0.3 is 12.0 Å². The Morgan fingerprint density at radius 3 is 2.78 bits per heavy atom. The highest BCUT2D eigenvalue weighted by Gasteiger charge is 2.33. The average Bonchev–Trinajstić information content (AvgIpc) is 2.38. The van der Waals surface area contributed by atoms with Crippen molar-refractivity contribution in [1.29, 1.82) is 0 Å². The Bertz CT molecular complexity index is 296. The van der Waals surface area contributed by atoms with Crippen LogP contribution in [-0.2, 0) is 9.53 Å². The van der Waals surface area contributed by atoms with Crippen molar-refractivity contribution in [3.8, 4) is 0 Å².